The maximum absolute atomic E-state index is 9.05. The zero-order valence-electron chi connectivity index (χ0n) is 27.1. The van der Waals surface area contributed by atoms with Crippen LogP contribution in [0.5, 0.6) is 0 Å². The van der Waals surface area contributed by atoms with Crippen molar-refractivity contribution in [2.45, 2.75) is 95.8 Å². The molecular formula is C44H49N. The van der Waals surface area contributed by atoms with E-state index in [4.69, 9.17) is 5.26 Å². The van der Waals surface area contributed by atoms with Crippen molar-refractivity contribution in [3.63, 3.8) is 0 Å². The van der Waals surface area contributed by atoms with Gasteiger partial charge in [0.1, 0.15) is 0 Å². The number of unbranched alkanes of at least 4 members (excludes halogenated alkanes) is 2. The Morgan fingerprint density at radius 3 is 1.53 bits per heavy atom. The molecule has 2 aliphatic carbocycles. The molecule has 0 bridgehead atoms. The highest BCUT2D eigenvalue weighted by atomic mass is 14.3. The van der Waals surface area contributed by atoms with E-state index in [2.05, 4.69) is 97.9 Å². The fourth-order valence-electron chi connectivity index (χ4n) is 7.78. The third-order valence-corrected chi connectivity index (χ3v) is 10.8. The van der Waals surface area contributed by atoms with Gasteiger partial charge >= 0.3 is 0 Å². The molecule has 0 saturated heterocycles. The van der Waals surface area contributed by atoms with Crippen molar-refractivity contribution in [2.24, 2.45) is 11.8 Å². The van der Waals surface area contributed by atoms with Crippen LogP contribution in [0.1, 0.15) is 118 Å². The van der Waals surface area contributed by atoms with Crippen LogP contribution in [0.3, 0.4) is 0 Å². The lowest BCUT2D eigenvalue weighted by Gasteiger charge is -2.29. The Hall–Kier alpha value is -3.89. The Bertz CT molecular complexity index is 1540. The van der Waals surface area contributed by atoms with Gasteiger partial charge in [-0.3, -0.25) is 0 Å². The lowest BCUT2D eigenvalue weighted by molar-refractivity contribution is 0.303. The second-order valence-electron chi connectivity index (χ2n) is 13.7. The molecule has 4 aromatic rings. The molecule has 0 amide bonds. The highest BCUT2D eigenvalue weighted by Crippen LogP contribution is 2.39. The number of nitrogens with zero attached hydrogens (tertiary/aromatic N) is 1. The Labute approximate surface area is 272 Å². The highest BCUT2D eigenvalue weighted by Gasteiger charge is 2.22. The SMILES string of the molecule is CCCCCC1CCC(c2ccc(-c3ccc(/C=C/C4CCC(c5ccc(-c6ccc(C#N)cc6)cc5)CC4)cc3)cc2)CC1. The summed E-state index contributed by atoms with van der Waals surface area (Å²) < 4.78 is 0. The quantitative estimate of drug-likeness (QED) is 0.168. The van der Waals surface area contributed by atoms with E-state index in [0.717, 1.165) is 11.8 Å². The Morgan fingerprint density at radius 1 is 0.578 bits per heavy atom. The van der Waals surface area contributed by atoms with Crippen molar-refractivity contribution in [2.75, 3.05) is 0 Å². The predicted octanol–water partition coefficient (Wildman–Crippen LogP) is 12.7. The van der Waals surface area contributed by atoms with Crippen LogP contribution in [-0.4, -0.2) is 0 Å². The van der Waals surface area contributed by atoms with Gasteiger partial charge in [0, 0.05) is 0 Å². The molecule has 0 unspecified atom stereocenters. The van der Waals surface area contributed by atoms with Gasteiger partial charge in [-0.2, -0.15) is 5.26 Å². The molecule has 230 valence electrons. The van der Waals surface area contributed by atoms with E-state index >= 15 is 0 Å². The van der Waals surface area contributed by atoms with Crippen LogP contribution in [-0.2, 0) is 0 Å². The van der Waals surface area contributed by atoms with Gasteiger partial charge in [0.25, 0.3) is 0 Å². The molecule has 0 radical (unpaired) electrons. The summed E-state index contributed by atoms with van der Waals surface area (Å²) in [6.45, 7) is 2.31. The number of allylic oxidation sites excluding steroid dienone is 1. The molecule has 1 heteroatoms. The molecule has 0 aromatic heterocycles. The van der Waals surface area contributed by atoms with Crippen molar-refractivity contribution in [1.29, 1.82) is 5.26 Å². The van der Waals surface area contributed by atoms with Crippen LogP contribution in [0.2, 0.25) is 0 Å². The maximum Gasteiger partial charge on any atom is 0.0991 e. The molecule has 0 heterocycles. The molecule has 45 heavy (non-hydrogen) atoms. The maximum atomic E-state index is 9.05. The monoisotopic (exact) mass is 591 g/mol. The van der Waals surface area contributed by atoms with E-state index < -0.39 is 0 Å². The number of benzene rings is 4. The van der Waals surface area contributed by atoms with Gasteiger partial charge in [-0.05, 0) is 126 Å². The first-order valence-electron chi connectivity index (χ1n) is 17.7. The lowest BCUT2D eigenvalue weighted by atomic mass is 9.77. The van der Waals surface area contributed by atoms with Crippen molar-refractivity contribution in [3.05, 3.63) is 125 Å². The minimum atomic E-state index is 0.654. The Balaban J connectivity index is 0.962. The van der Waals surface area contributed by atoms with Crippen LogP contribution in [0.4, 0.5) is 0 Å². The summed E-state index contributed by atoms with van der Waals surface area (Å²) in [6, 6.07) is 37.8. The van der Waals surface area contributed by atoms with E-state index in [-0.39, 0.29) is 0 Å². The number of nitriles is 1. The van der Waals surface area contributed by atoms with Crippen molar-refractivity contribution < 1.29 is 0 Å². The second-order valence-corrected chi connectivity index (χ2v) is 13.7. The molecule has 2 saturated carbocycles. The Morgan fingerprint density at radius 2 is 1.04 bits per heavy atom. The van der Waals surface area contributed by atoms with Crippen LogP contribution in [0, 0.1) is 23.2 Å². The minimum absolute atomic E-state index is 0.654. The number of hydrogen-bond acceptors (Lipinski definition) is 1. The summed E-state index contributed by atoms with van der Waals surface area (Å²) in [7, 11) is 0. The minimum Gasteiger partial charge on any atom is -0.192 e. The molecule has 1 nitrogen and oxygen atoms in total. The summed E-state index contributed by atoms with van der Waals surface area (Å²) in [6.07, 6.45) is 21.0. The van der Waals surface area contributed by atoms with Crippen molar-refractivity contribution in [1.82, 2.24) is 0 Å². The van der Waals surface area contributed by atoms with E-state index in [1.165, 1.54) is 110 Å². The van der Waals surface area contributed by atoms with Gasteiger partial charge in [-0.15, -0.1) is 0 Å². The van der Waals surface area contributed by atoms with Crippen LogP contribution in [0.25, 0.3) is 28.3 Å². The van der Waals surface area contributed by atoms with Gasteiger partial charge in [-0.25, -0.2) is 0 Å². The topological polar surface area (TPSA) is 23.8 Å². The molecule has 4 aromatic carbocycles. The van der Waals surface area contributed by atoms with Gasteiger partial charge in [0.2, 0.25) is 0 Å². The van der Waals surface area contributed by atoms with E-state index in [1.54, 1.807) is 5.56 Å². The van der Waals surface area contributed by atoms with Crippen molar-refractivity contribution in [3.8, 4) is 28.3 Å². The summed E-state index contributed by atoms with van der Waals surface area (Å²) in [5, 5.41) is 9.05. The molecule has 0 aliphatic heterocycles. The molecule has 6 rings (SSSR count). The van der Waals surface area contributed by atoms with E-state index in [9.17, 15) is 0 Å². The first-order chi connectivity index (χ1) is 22.2. The number of hydrogen-bond donors (Lipinski definition) is 0. The third-order valence-electron chi connectivity index (χ3n) is 10.8. The standard InChI is InChI=1S/C44H49N/c1-2-3-4-5-33-8-16-37(17-9-33)41-24-26-42(27-25-41)38-18-10-34(11-19-38)6-7-35-12-20-39(21-13-35)43-28-30-44(31-29-43)40-22-14-36(32-45)15-23-40/h6-7,10-11,14-15,18-19,22-31,33,35,37,39H,2-5,8-9,12-13,16-17,20-21H2,1H3/b7-6+. The normalized spacial score (nSPS) is 21.9. The van der Waals surface area contributed by atoms with Crippen molar-refractivity contribution >= 4 is 6.08 Å². The summed E-state index contributed by atoms with van der Waals surface area (Å²) in [5.41, 5.74) is 10.0. The average Bonchev–Trinajstić information content (AvgIpc) is 3.12. The summed E-state index contributed by atoms with van der Waals surface area (Å²) >= 11 is 0. The molecule has 0 atom stereocenters. The first-order valence-corrected chi connectivity index (χ1v) is 17.7. The zero-order chi connectivity index (χ0) is 30.8. The van der Waals surface area contributed by atoms with E-state index in [1.807, 2.05) is 24.3 Å². The van der Waals surface area contributed by atoms with Gasteiger partial charge in [0.05, 0.1) is 11.6 Å². The Kier molecular flexibility index (Phi) is 10.6. The van der Waals surface area contributed by atoms with Gasteiger partial charge in [-0.1, -0.05) is 130 Å². The molecule has 0 N–H and O–H groups in total. The average molecular weight is 592 g/mol. The van der Waals surface area contributed by atoms with Crippen LogP contribution < -0.4 is 0 Å². The molecular weight excluding hydrogens is 542 g/mol. The summed E-state index contributed by atoms with van der Waals surface area (Å²) in [4.78, 5) is 0. The highest BCUT2D eigenvalue weighted by molar-refractivity contribution is 5.66. The number of rotatable bonds is 10. The van der Waals surface area contributed by atoms with Gasteiger partial charge in [0.15, 0.2) is 0 Å². The first kappa shape index (κ1) is 31.1. The van der Waals surface area contributed by atoms with Crippen LogP contribution in [0.15, 0.2) is 103 Å². The fraction of sp³-hybridized carbons (Fsp3) is 0.386. The predicted molar refractivity (Wildman–Crippen MR) is 191 cm³/mol. The zero-order valence-corrected chi connectivity index (χ0v) is 27.1. The largest absolute Gasteiger partial charge is 0.192 e. The molecule has 2 fully saturated rings. The molecule has 0 spiro atoms. The van der Waals surface area contributed by atoms with Gasteiger partial charge < -0.3 is 0 Å². The smallest absolute Gasteiger partial charge is 0.0991 e. The molecule has 2 aliphatic rings. The van der Waals surface area contributed by atoms with Crippen LogP contribution >= 0.6 is 0 Å². The fourth-order valence-corrected chi connectivity index (χ4v) is 7.78. The second kappa shape index (κ2) is 15.4. The lowest BCUT2D eigenvalue weighted by Crippen LogP contribution is -2.13. The van der Waals surface area contributed by atoms with E-state index in [0.29, 0.717) is 17.4 Å². The summed E-state index contributed by atoms with van der Waals surface area (Å²) in [5.74, 6) is 3.05. The third kappa shape index (κ3) is 8.23.